The van der Waals surface area contributed by atoms with Gasteiger partial charge in [-0.25, -0.2) is 0 Å². The zero-order valence-corrected chi connectivity index (χ0v) is 15.5. The van der Waals surface area contributed by atoms with Crippen molar-refractivity contribution in [2.75, 3.05) is 13.1 Å². The third-order valence-corrected chi connectivity index (χ3v) is 4.97. The Morgan fingerprint density at radius 3 is 2.62 bits per heavy atom. The minimum absolute atomic E-state index is 0.416. The minimum atomic E-state index is 0.416. The van der Waals surface area contributed by atoms with Crippen LogP contribution in [0.15, 0.2) is 59.0 Å². The number of hydrogen-bond acceptors (Lipinski definition) is 4. The van der Waals surface area contributed by atoms with Gasteiger partial charge in [0.05, 0.1) is 17.1 Å². The molecule has 0 radical (unpaired) electrons. The fourth-order valence-corrected chi connectivity index (χ4v) is 3.54. The molecule has 1 aliphatic rings. The van der Waals surface area contributed by atoms with Crippen LogP contribution in [0.3, 0.4) is 0 Å². The molecule has 0 saturated heterocycles. The van der Waals surface area contributed by atoms with Gasteiger partial charge in [-0.2, -0.15) is 0 Å². The van der Waals surface area contributed by atoms with Gasteiger partial charge >= 0.3 is 0 Å². The Balaban J connectivity index is 1.43. The van der Waals surface area contributed by atoms with Gasteiger partial charge in [-0.05, 0) is 35.8 Å². The van der Waals surface area contributed by atoms with Crippen molar-refractivity contribution >= 4 is 28.8 Å². The van der Waals surface area contributed by atoms with E-state index < -0.39 is 0 Å². The number of hydrogen-bond donors (Lipinski definition) is 0. The first kappa shape index (κ1) is 17.3. The molecule has 6 heteroatoms. The van der Waals surface area contributed by atoms with Crippen molar-refractivity contribution in [2.24, 2.45) is 0 Å². The van der Waals surface area contributed by atoms with Crippen LogP contribution in [0, 0.1) is 0 Å². The quantitative estimate of drug-likeness (QED) is 0.608. The molecule has 0 bridgehead atoms. The van der Waals surface area contributed by atoms with E-state index in [1.165, 1.54) is 11.1 Å². The molecule has 0 fully saturated rings. The first-order chi connectivity index (χ1) is 12.7. The average molecular weight is 386 g/mol. The third kappa shape index (κ3) is 3.83. The van der Waals surface area contributed by atoms with E-state index in [1.54, 1.807) is 18.2 Å². The van der Waals surface area contributed by atoms with Crippen LogP contribution in [0.25, 0.3) is 17.0 Å². The smallest absolute Gasteiger partial charge is 0.249 e. The van der Waals surface area contributed by atoms with Gasteiger partial charge in [0, 0.05) is 18.1 Å². The highest BCUT2D eigenvalue weighted by molar-refractivity contribution is 6.36. The predicted molar refractivity (Wildman–Crippen MR) is 104 cm³/mol. The molecule has 4 rings (SSSR count). The van der Waals surface area contributed by atoms with E-state index in [9.17, 15) is 0 Å². The van der Waals surface area contributed by atoms with Crippen molar-refractivity contribution in [3.05, 3.63) is 76.1 Å². The van der Waals surface area contributed by atoms with Gasteiger partial charge in [-0.1, -0.05) is 59.6 Å². The molecule has 2 aromatic carbocycles. The first-order valence-electron chi connectivity index (χ1n) is 8.43. The lowest BCUT2D eigenvalue weighted by atomic mass is 10.00. The predicted octanol–water partition coefficient (Wildman–Crippen LogP) is 5.33. The van der Waals surface area contributed by atoms with Gasteiger partial charge in [0.1, 0.15) is 0 Å². The Morgan fingerprint density at radius 2 is 1.88 bits per heavy atom. The standard InChI is InChI=1S/C20H17Cl2N3O/c21-16-6-7-17(18(22)12-16)20-24-23-19(26-20)13-25-10-8-15(9-11-25)14-4-2-1-3-5-14/h1-8,12H,9-11,13H2. The Hall–Kier alpha value is -2.14. The molecule has 0 N–H and O–H groups in total. The first-order valence-corrected chi connectivity index (χ1v) is 9.19. The lowest BCUT2D eigenvalue weighted by Gasteiger charge is -2.25. The Morgan fingerprint density at radius 1 is 1.04 bits per heavy atom. The second-order valence-electron chi connectivity index (χ2n) is 6.21. The van der Waals surface area contributed by atoms with Gasteiger partial charge in [0.15, 0.2) is 0 Å². The summed E-state index contributed by atoms with van der Waals surface area (Å²) in [6.07, 6.45) is 3.28. The zero-order valence-electron chi connectivity index (χ0n) is 14.0. The molecule has 2 heterocycles. The van der Waals surface area contributed by atoms with Crippen LogP contribution >= 0.6 is 23.2 Å². The maximum absolute atomic E-state index is 6.21. The molecule has 0 spiro atoms. The summed E-state index contributed by atoms with van der Waals surface area (Å²) in [6.45, 7) is 2.45. The number of benzene rings is 2. The molecule has 0 atom stereocenters. The lowest BCUT2D eigenvalue weighted by Crippen LogP contribution is -2.28. The summed E-state index contributed by atoms with van der Waals surface area (Å²) < 4.78 is 5.79. The molecule has 0 aliphatic carbocycles. The minimum Gasteiger partial charge on any atom is -0.419 e. The molecule has 26 heavy (non-hydrogen) atoms. The summed E-state index contributed by atoms with van der Waals surface area (Å²) in [6, 6.07) is 15.7. The molecule has 132 valence electrons. The summed E-state index contributed by atoms with van der Waals surface area (Å²) in [5, 5.41) is 9.35. The van der Waals surface area contributed by atoms with E-state index in [0.717, 1.165) is 19.5 Å². The molecule has 0 unspecified atom stereocenters. The number of rotatable bonds is 4. The van der Waals surface area contributed by atoms with Crippen LogP contribution in [-0.2, 0) is 6.54 Å². The summed E-state index contributed by atoms with van der Waals surface area (Å²) >= 11 is 12.1. The molecule has 0 saturated carbocycles. The van der Waals surface area contributed by atoms with Gasteiger partial charge in [0.25, 0.3) is 0 Å². The molecule has 0 amide bonds. The van der Waals surface area contributed by atoms with Crippen LogP contribution in [0.2, 0.25) is 10.0 Å². The molecule has 1 aliphatic heterocycles. The second kappa shape index (κ2) is 7.62. The largest absolute Gasteiger partial charge is 0.419 e. The van der Waals surface area contributed by atoms with Gasteiger partial charge in [-0.15, -0.1) is 10.2 Å². The fourth-order valence-electron chi connectivity index (χ4n) is 3.05. The summed E-state index contributed by atoms with van der Waals surface area (Å²) in [5.74, 6) is 1.00. The van der Waals surface area contributed by atoms with Crippen molar-refractivity contribution in [1.82, 2.24) is 15.1 Å². The highest BCUT2D eigenvalue weighted by Crippen LogP contribution is 2.30. The van der Waals surface area contributed by atoms with E-state index in [4.69, 9.17) is 27.6 Å². The summed E-state index contributed by atoms with van der Waals surface area (Å²) in [5.41, 5.74) is 3.38. The van der Waals surface area contributed by atoms with Crippen LogP contribution in [0.1, 0.15) is 17.9 Å². The van der Waals surface area contributed by atoms with E-state index in [1.807, 2.05) is 6.07 Å². The Bertz CT molecular complexity index is 937. The highest BCUT2D eigenvalue weighted by Gasteiger charge is 2.17. The number of halogens is 2. The van der Waals surface area contributed by atoms with Crippen molar-refractivity contribution < 1.29 is 4.42 Å². The van der Waals surface area contributed by atoms with Crippen molar-refractivity contribution in [3.63, 3.8) is 0 Å². The zero-order chi connectivity index (χ0) is 17.9. The van der Waals surface area contributed by atoms with Gasteiger partial charge in [0.2, 0.25) is 11.8 Å². The van der Waals surface area contributed by atoms with Crippen LogP contribution in [-0.4, -0.2) is 28.2 Å². The van der Waals surface area contributed by atoms with Crippen LogP contribution < -0.4 is 0 Å². The van der Waals surface area contributed by atoms with Crippen molar-refractivity contribution in [3.8, 4) is 11.5 Å². The molecular formula is C20H17Cl2N3O. The van der Waals surface area contributed by atoms with E-state index in [2.05, 4.69) is 45.4 Å². The topological polar surface area (TPSA) is 42.2 Å². The lowest BCUT2D eigenvalue weighted by molar-refractivity contribution is 0.263. The maximum Gasteiger partial charge on any atom is 0.249 e. The third-order valence-electron chi connectivity index (χ3n) is 4.43. The highest BCUT2D eigenvalue weighted by atomic mass is 35.5. The second-order valence-corrected chi connectivity index (χ2v) is 7.05. The van der Waals surface area contributed by atoms with Crippen LogP contribution in [0.5, 0.6) is 0 Å². The average Bonchev–Trinajstić information content (AvgIpc) is 3.11. The van der Waals surface area contributed by atoms with Gasteiger partial charge in [-0.3, -0.25) is 4.90 Å². The number of aromatic nitrogens is 2. The van der Waals surface area contributed by atoms with E-state index in [-0.39, 0.29) is 0 Å². The van der Waals surface area contributed by atoms with Gasteiger partial charge < -0.3 is 4.42 Å². The Labute approximate surface area is 162 Å². The molecule has 1 aromatic heterocycles. The molecule has 3 aromatic rings. The van der Waals surface area contributed by atoms with Crippen molar-refractivity contribution in [1.29, 1.82) is 0 Å². The summed E-state index contributed by atoms with van der Waals surface area (Å²) in [4.78, 5) is 2.28. The monoisotopic (exact) mass is 385 g/mol. The normalized spacial score (nSPS) is 15.1. The van der Waals surface area contributed by atoms with Crippen molar-refractivity contribution in [2.45, 2.75) is 13.0 Å². The molecule has 4 nitrogen and oxygen atoms in total. The van der Waals surface area contributed by atoms with Crippen LogP contribution in [0.4, 0.5) is 0 Å². The molecular weight excluding hydrogens is 369 g/mol. The Kier molecular flexibility index (Phi) is 5.07. The van der Waals surface area contributed by atoms with E-state index >= 15 is 0 Å². The number of nitrogens with zero attached hydrogens (tertiary/aromatic N) is 3. The SMILES string of the molecule is Clc1ccc(-c2nnc(CN3CC=C(c4ccccc4)CC3)o2)c(Cl)c1. The maximum atomic E-state index is 6.21. The van der Waals surface area contributed by atoms with E-state index in [0.29, 0.717) is 33.9 Å². The summed E-state index contributed by atoms with van der Waals surface area (Å²) in [7, 11) is 0. The fraction of sp³-hybridized carbons (Fsp3) is 0.200.